The molecule has 2 heterocycles. The van der Waals surface area contributed by atoms with Gasteiger partial charge in [0.05, 0.1) is 22.7 Å². The Bertz CT molecular complexity index is 1570. The molecule has 1 aliphatic heterocycles. The minimum atomic E-state index is -4.43. The van der Waals surface area contributed by atoms with Crippen molar-refractivity contribution in [2.45, 2.75) is 44.0 Å². The second kappa shape index (κ2) is 12.7. The summed E-state index contributed by atoms with van der Waals surface area (Å²) < 4.78 is 39.1. The van der Waals surface area contributed by atoms with E-state index in [-0.39, 0.29) is 17.7 Å². The summed E-state index contributed by atoms with van der Waals surface area (Å²) in [5, 5.41) is 13.3. The molecular weight excluding hydrogens is 575 g/mol. The summed E-state index contributed by atoms with van der Waals surface area (Å²) in [4.78, 5) is 34.6. The highest BCUT2D eigenvalue weighted by atomic mass is 32.1. The fourth-order valence-electron chi connectivity index (χ4n) is 5.34. The number of hydrogen-bond donors (Lipinski definition) is 1. The lowest BCUT2D eigenvalue weighted by Gasteiger charge is -2.31. The van der Waals surface area contributed by atoms with Crippen molar-refractivity contribution >= 4 is 23.2 Å². The first-order valence-corrected chi connectivity index (χ1v) is 14.9. The smallest absolute Gasteiger partial charge is 0.386 e. The van der Waals surface area contributed by atoms with Gasteiger partial charge in [0.25, 0.3) is 11.8 Å². The highest BCUT2D eigenvalue weighted by molar-refractivity contribution is 7.09. The molecule has 5 rings (SSSR count). The Morgan fingerprint density at radius 3 is 2.26 bits per heavy atom. The second-order valence-corrected chi connectivity index (χ2v) is 11.7. The third-order valence-electron chi connectivity index (χ3n) is 8.08. The van der Waals surface area contributed by atoms with Crippen molar-refractivity contribution in [3.8, 4) is 11.1 Å². The van der Waals surface area contributed by atoms with Gasteiger partial charge in [-0.1, -0.05) is 60.7 Å². The Labute approximate surface area is 252 Å². The van der Waals surface area contributed by atoms with Crippen molar-refractivity contribution < 1.29 is 27.9 Å². The summed E-state index contributed by atoms with van der Waals surface area (Å²) >= 11 is 1.42. The number of halogens is 3. The minimum Gasteiger partial charge on any atom is -0.386 e. The van der Waals surface area contributed by atoms with Crippen molar-refractivity contribution in [3.05, 3.63) is 112 Å². The Hall–Kier alpha value is -4.02. The molecule has 0 spiro atoms. The van der Waals surface area contributed by atoms with Crippen LogP contribution in [-0.2, 0) is 6.18 Å². The molecule has 1 N–H and O–H groups in total. The monoisotopic (exact) mass is 607 g/mol. The molecule has 0 aliphatic carbocycles. The van der Waals surface area contributed by atoms with E-state index in [2.05, 4.69) is 4.98 Å². The number of carbonyl (C=O) groups is 2. The van der Waals surface area contributed by atoms with Crippen LogP contribution in [0.2, 0.25) is 0 Å². The number of nitrogens with zero attached hydrogens (tertiary/aromatic N) is 3. The average molecular weight is 608 g/mol. The molecular formula is C33H32F3N3O3S. The molecule has 0 bridgehead atoms. The SMILES string of the molecule is C[C@@H]([C@H](O)c1ccccc1)N(C)C(=O)c1csc(C2CCN(C(=O)c3ccccc3-c3ccc(C(F)(F)F)cc3)CC2)n1. The summed E-state index contributed by atoms with van der Waals surface area (Å²) in [6.45, 7) is 2.78. The van der Waals surface area contributed by atoms with Crippen molar-refractivity contribution in [3.63, 3.8) is 0 Å². The first-order valence-electron chi connectivity index (χ1n) is 14.1. The van der Waals surface area contributed by atoms with E-state index in [1.165, 1.54) is 28.4 Å². The van der Waals surface area contributed by atoms with Gasteiger partial charge in [-0.05, 0) is 54.7 Å². The molecule has 43 heavy (non-hydrogen) atoms. The number of amides is 2. The van der Waals surface area contributed by atoms with Gasteiger partial charge in [-0.2, -0.15) is 13.2 Å². The summed E-state index contributed by atoms with van der Waals surface area (Å²) in [5.41, 5.74) is 1.90. The number of aromatic nitrogens is 1. The van der Waals surface area contributed by atoms with Gasteiger partial charge in [0.15, 0.2) is 0 Å². The van der Waals surface area contributed by atoms with Crippen LogP contribution in [0.4, 0.5) is 13.2 Å². The van der Waals surface area contributed by atoms with E-state index in [0.717, 1.165) is 22.7 Å². The highest BCUT2D eigenvalue weighted by Crippen LogP contribution is 2.34. The van der Waals surface area contributed by atoms with Crippen LogP contribution in [0.1, 0.15) is 68.8 Å². The number of hydrogen-bond acceptors (Lipinski definition) is 5. The van der Waals surface area contributed by atoms with Crippen LogP contribution >= 0.6 is 11.3 Å². The molecule has 10 heteroatoms. The fourth-order valence-corrected chi connectivity index (χ4v) is 6.30. The van der Waals surface area contributed by atoms with Gasteiger partial charge >= 0.3 is 6.18 Å². The lowest BCUT2D eigenvalue weighted by atomic mass is 9.94. The fraction of sp³-hybridized carbons (Fsp3) is 0.303. The summed E-state index contributed by atoms with van der Waals surface area (Å²) in [5.74, 6) is -0.340. The van der Waals surface area contributed by atoms with Crippen molar-refractivity contribution in [1.82, 2.24) is 14.8 Å². The topological polar surface area (TPSA) is 73.7 Å². The predicted molar refractivity (Wildman–Crippen MR) is 160 cm³/mol. The van der Waals surface area contributed by atoms with Crippen LogP contribution in [0, 0.1) is 0 Å². The van der Waals surface area contributed by atoms with Crippen LogP contribution in [0.25, 0.3) is 11.1 Å². The zero-order chi connectivity index (χ0) is 30.7. The molecule has 1 aromatic heterocycles. The third-order valence-corrected chi connectivity index (χ3v) is 9.09. The van der Waals surface area contributed by atoms with E-state index in [1.54, 1.807) is 48.5 Å². The normalized spacial score (nSPS) is 15.6. The van der Waals surface area contributed by atoms with Crippen molar-refractivity contribution in [1.29, 1.82) is 0 Å². The maximum atomic E-state index is 13.5. The van der Waals surface area contributed by atoms with Crippen LogP contribution < -0.4 is 0 Å². The Morgan fingerprint density at radius 1 is 0.977 bits per heavy atom. The van der Waals surface area contributed by atoms with Gasteiger partial charge < -0.3 is 14.9 Å². The lowest BCUT2D eigenvalue weighted by molar-refractivity contribution is -0.137. The summed E-state index contributed by atoms with van der Waals surface area (Å²) in [6.07, 6.45) is -3.91. The Kier molecular flexibility index (Phi) is 8.98. The van der Waals surface area contributed by atoms with E-state index in [0.29, 0.717) is 48.3 Å². The van der Waals surface area contributed by atoms with Crippen LogP contribution in [0.3, 0.4) is 0 Å². The number of rotatable bonds is 7. The van der Waals surface area contributed by atoms with E-state index in [9.17, 15) is 27.9 Å². The molecule has 4 aromatic rings. The van der Waals surface area contributed by atoms with E-state index >= 15 is 0 Å². The molecule has 2 atom stereocenters. The van der Waals surface area contributed by atoms with Gasteiger partial charge in [-0.15, -0.1) is 11.3 Å². The minimum absolute atomic E-state index is 0.0957. The number of alkyl halides is 3. The number of likely N-dealkylation sites (N-methyl/N-ethyl adjacent to an activating group) is 1. The van der Waals surface area contributed by atoms with Crippen LogP contribution in [-0.4, -0.2) is 57.9 Å². The number of likely N-dealkylation sites (tertiary alicyclic amines) is 1. The summed E-state index contributed by atoms with van der Waals surface area (Å²) in [6, 6.07) is 20.5. The van der Waals surface area contributed by atoms with Crippen molar-refractivity contribution in [2.24, 2.45) is 0 Å². The highest BCUT2D eigenvalue weighted by Gasteiger charge is 2.32. The molecule has 0 saturated carbocycles. The zero-order valence-corrected chi connectivity index (χ0v) is 24.6. The maximum Gasteiger partial charge on any atom is 0.416 e. The first-order chi connectivity index (χ1) is 20.5. The number of benzene rings is 3. The largest absolute Gasteiger partial charge is 0.416 e. The van der Waals surface area contributed by atoms with E-state index in [1.807, 2.05) is 30.3 Å². The van der Waals surface area contributed by atoms with Gasteiger partial charge in [-0.3, -0.25) is 9.59 Å². The molecule has 2 amide bonds. The van der Waals surface area contributed by atoms with E-state index < -0.39 is 23.9 Å². The quantitative estimate of drug-likeness (QED) is 0.245. The molecule has 1 fully saturated rings. The predicted octanol–water partition coefficient (Wildman–Crippen LogP) is 7.04. The number of piperidine rings is 1. The maximum absolute atomic E-state index is 13.5. The van der Waals surface area contributed by atoms with Gasteiger partial charge in [0, 0.05) is 37.0 Å². The number of aliphatic hydroxyl groups excluding tert-OH is 1. The van der Waals surface area contributed by atoms with Gasteiger partial charge in [-0.25, -0.2) is 4.98 Å². The van der Waals surface area contributed by atoms with Crippen LogP contribution in [0.15, 0.2) is 84.2 Å². The Morgan fingerprint density at radius 2 is 1.60 bits per heavy atom. The van der Waals surface area contributed by atoms with Crippen LogP contribution in [0.5, 0.6) is 0 Å². The van der Waals surface area contributed by atoms with Gasteiger partial charge in [0.2, 0.25) is 0 Å². The number of carbonyl (C=O) groups excluding carboxylic acids is 2. The zero-order valence-electron chi connectivity index (χ0n) is 23.8. The second-order valence-electron chi connectivity index (χ2n) is 10.8. The molecule has 1 saturated heterocycles. The Balaban J connectivity index is 1.22. The molecule has 6 nitrogen and oxygen atoms in total. The molecule has 3 aromatic carbocycles. The summed E-state index contributed by atoms with van der Waals surface area (Å²) in [7, 11) is 1.66. The van der Waals surface area contributed by atoms with Crippen molar-refractivity contribution in [2.75, 3.05) is 20.1 Å². The molecule has 1 aliphatic rings. The molecule has 0 unspecified atom stereocenters. The third kappa shape index (κ3) is 6.65. The molecule has 224 valence electrons. The van der Waals surface area contributed by atoms with E-state index in [4.69, 9.17) is 0 Å². The first kappa shape index (κ1) is 30.4. The molecule has 0 radical (unpaired) electrons. The van der Waals surface area contributed by atoms with Gasteiger partial charge in [0.1, 0.15) is 5.69 Å². The standard InChI is InChI=1S/C33H32F3N3O3S/c1-21(29(40)23-8-4-3-5-9-23)38(2)32(42)28-20-43-30(37-28)24-16-18-39(19-17-24)31(41)27-11-7-6-10-26(27)22-12-14-25(15-13-22)33(34,35)36/h3-15,20-21,24,29,40H,16-19H2,1-2H3/t21-,29-/m0/s1. The lowest BCUT2D eigenvalue weighted by Crippen LogP contribution is -2.39. The average Bonchev–Trinajstić information content (AvgIpc) is 3.53. The number of thiazole rings is 1. The number of aliphatic hydroxyl groups is 1.